The fraction of sp³-hybridized carbons (Fsp3) is 0. The van der Waals surface area contributed by atoms with E-state index in [9.17, 15) is 0 Å². The van der Waals surface area contributed by atoms with Crippen molar-refractivity contribution < 1.29 is 0 Å². The zero-order chi connectivity index (χ0) is 31.6. The van der Waals surface area contributed by atoms with Gasteiger partial charge in [0.2, 0.25) is 0 Å². The molecule has 0 fully saturated rings. The van der Waals surface area contributed by atoms with Crippen LogP contribution in [0.5, 0.6) is 0 Å². The molecule has 1 aromatic heterocycles. The molecule has 0 bridgehead atoms. The van der Waals surface area contributed by atoms with Crippen LogP contribution >= 0.6 is 11.3 Å². The van der Waals surface area contributed by atoms with Crippen LogP contribution in [0.4, 0.5) is 17.1 Å². The molecule has 0 unspecified atom stereocenters. The first-order valence-corrected chi connectivity index (χ1v) is 17.2. The Morgan fingerprint density at radius 2 is 1.00 bits per heavy atom. The van der Waals surface area contributed by atoms with Crippen LogP contribution in [-0.2, 0) is 0 Å². The van der Waals surface area contributed by atoms with E-state index in [1.807, 2.05) is 11.3 Å². The van der Waals surface area contributed by atoms with Gasteiger partial charge in [-0.05, 0) is 97.4 Å². The summed E-state index contributed by atoms with van der Waals surface area (Å²) in [6, 6.07) is 64.6. The monoisotopic (exact) mass is 627 g/mol. The maximum absolute atomic E-state index is 2.46. The van der Waals surface area contributed by atoms with Crippen molar-refractivity contribution in [2.45, 2.75) is 0 Å². The van der Waals surface area contributed by atoms with Gasteiger partial charge in [0.1, 0.15) is 0 Å². The van der Waals surface area contributed by atoms with Crippen LogP contribution in [0, 0.1) is 0 Å². The molecule has 0 N–H and O–H groups in total. The van der Waals surface area contributed by atoms with Crippen LogP contribution < -0.4 is 4.90 Å². The third-order valence-electron chi connectivity index (χ3n) is 9.76. The summed E-state index contributed by atoms with van der Waals surface area (Å²) in [5, 5.41) is 12.7. The second-order valence-electron chi connectivity index (χ2n) is 12.6. The predicted octanol–water partition coefficient (Wildman–Crippen LogP) is 13.8. The molecule has 0 saturated carbocycles. The topological polar surface area (TPSA) is 3.24 Å². The lowest BCUT2D eigenvalue weighted by Gasteiger charge is -2.28. The Kier molecular flexibility index (Phi) is 6.12. The Labute approximate surface area is 282 Å². The standard InChI is InChI=1S/C46H29NS/c1-2-10-30(11-3-1)34-14-8-15-37(26-34)47(38-25-24-35-28-41-40-17-6-7-19-43(40)48-44(41)29-36(35)27-38)42-18-9-13-32-22-23-33-21-20-31-12-4-5-16-39(31)45(33)46(32)42/h1-29H. The smallest absolute Gasteiger partial charge is 0.0546 e. The Bertz CT molecular complexity index is 2840. The number of hydrogen-bond donors (Lipinski definition) is 0. The molecule has 1 nitrogen and oxygen atoms in total. The van der Waals surface area contributed by atoms with Gasteiger partial charge in [0.05, 0.1) is 5.69 Å². The molecule has 0 saturated heterocycles. The Morgan fingerprint density at radius 3 is 1.90 bits per heavy atom. The van der Waals surface area contributed by atoms with Crippen LogP contribution in [-0.4, -0.2) is 0 Å². The van der Waals surface area contributed by atoms with Gasteiger partial charge in [-0.3, -0.25) is 0 Å². The maximum Gasteiger partial charge on any atom is 0.0546 e. The highest BCUT2D eigenvalue weighted by molar-refractivity contribution is 7.25. The summed E-state index contributed by atoms with van der Waals surface area (Å²) in [6.07, 6.45) is 0. The van der Waals surface area contributed by atoms with E-state index in [4.69, 9.17) is 0 Å². The average Bonchev–Trinajstić information content (AvgIpc) is 3.51. The van der Waals surface area contributed by atoms with Gasteiger partial charge in [-0.15, -0.1) is 11.3 Å². The molecule has 0 aliphatic carbocycles. The average molecular weight is 628 g/mol. The van der Waals surface area contributed by atoms with Crippen LogP contribution in [0.1, 0.15) is 0 Å². The zero-order valence-corrected chi connectivity index (χ0v) is 26.9. The molecule has 10 rings (SSSR count). The highest BCUT2D eigenvalue weighted by Crippen LogP contribution is 2.45. The van der Waals surface area contributed by atoms with E-state index >= 15 is 0 Å². The van der Waals surface area contributed by atoms with Crippen molar-refractivity contribution >= 4 is 91.7 Å². The predicted molar refractivity (Wildman–Crippen MR) is 209 cm³/mol. The summed E-state index contributed by atoms with van der Waals surface area (Å²) in [7, 11) is 0. The third-order valence-corrected chi connectivity index (χ3v) is 10.9. The Balaban J connectivity index is 1.27. The van der Waals surface area contributed by atoms with E-state index in [0.29, 0.717) is 0 Å². The fourth-order valence-electron chi connectivity index (χ4n) is 7.52. The summed E-state index contributed by atoms with van der Waals surface area (Å²) < 4.78 is 2.65. The van der Waals surface area contributed by atoms with Gasteiger partial charge >= 0.3 is 0 Å². The number of fused-ring (bicyclic) bond motifs is 9. The molecule has 0 atom stereocenters. The molecule has 1 heterocycles. The number of rotatable bonds is 4. The lowest BCUT2D eigenvalue weighted by Crippen LogP contribution is -2.11. The number of thiophene rings is 1. The quantitative estimate of drug-likeness (QED) is 0.176. The molecule has 0 aliphatic rings. The second-order valence-corrected chi connectivity index (χ2v) is 13.6. The second kappa shape index (κ2) is 10.8. The molecule has 0 aliphatic heterocycles. The van der Waals surface area contributed by atoms with Gasteiger partial charge in [0.25, 0.3) is 0 Å². The van der Waals surface area contributed by atoms with Gasteiger partial charge in [0, 0.05) is 36.9 Å². The van der Waals surface area contributed by atoms with Crippen LogP contribution in [0.3, 0.4) is 0 Å². The number of anilines is 3. The minimum Gasteiger partial charge on any atom is -0.310 e. The highest BCUT2D eigenvalue weighted by atomic mass is 32.1. The van der Waals surface area contributed by atoms with Crippen LogP contribution in [0.15, 0.2) is 176 Å². The summed E-state index contributed by atoms with van der Waals surface area (Å²) in [5.74, 6) is 0. The van der Waals surface area contributed by atoms with Crippen molar-refractivity contribution in [1.82, 2.24) is 0 Å². The van der Waals surface area contributed by atoms with Gasteiger partial charge in [-0.1, -0.05) is 127 Å². The third kappa shape index (κ3) is 4.31. The van der Waals surface area contributed by atoms with Crippen molar-refractivity contribution in [2.75, 3.05) is 4.90 Å². The molecular weight excluding hydrogens is 599 g/mol. The number of hydrogen-bond acceptors (Lipinski definition) is 2. The molecule has 0 radical (unpaired) electrons. The molecule has 0 spiro atoms. The first-order valence-electron chi connectivity index (χ1n) is 16.4. The fourth-order valence-corrected chi connectivity index (χ4v) is 8.65. The van der Waals surface area contributed by atoms with Gasteiger partial charge in [0.15, 0.2) is 0 Å². The van der Waals surface area contributed by atoms with Crippen molar-refractivity contribution in [3.05, 3.63) is 176 Å². The maximum atomic E-state index is 2.46. The van der Waals surface area contributed by atoms with E-state index in [2.05, 4.69) is 181 Å². The zero-order valence-electron chi connectivity index (χ0n) is 26.1. The van der Waals surface area contributed by atoms with E-state index in [-0.39, 0.29) is 0 Å². The summed E-state index contributed by atoms with van der Waals surface area (Å²) in [4.78, 5) is 2.46. The van der Waals surface area contributed by atoms with Crippen molar-refractivity contribution in [1.29, 1.82) is 0 Å². The largest absolute Gasteiger partial charge is 0.310 e. The first kappa shape index (κ1) is 27.2. The summed E-state index contributed by atoms with van der Waals surface area (Å²) >= 11 is 1.87. The Hall–Kier alpha value is -5.96. The Morgan fingerprint density at radius 1 is 0.333 bits per heavy atom. The SMILES string of the molecule is c1ccc(-c2cccc(N(c3ccc4cc5c(cc4c3)sc3ccccc35)c3cccc4ccc5ccc6ccccc6c5c34)c2)cc1. The van der Waals surface area contributed by atoms with E-state index in [0.717, 1.165) is 11.4 Å². The molecular formula is C46H29NS. The highest BCUT2D eigenvalue weighted by Gasteiger charge is 2.19. The minimum absolute atomic E-state index is 1.13. The van der Waals surface area contributed by atoms with E-state index < -0.39 is 0 Å². The van der Waals surface area contributed by atoms with Gasteiger partial charge in [-0.25, -0.2) is 0 Å². The minimum atomic E-state index is 1.13. The van der Waals surface area contributed by atoms with Crippen molar-refractivity contribution in [3.63, 3.8) is 0 Å². The van der Waals surface area contributed by atoms with Crippen LogP contribution in [0.25, 0.3) is 74.4 Å². The molecule has 9 aromatic carbocycles. The first-order chi connectivity index (χ1) is 23.8. The molecule has 2 heteroatoms. The van der Waals surface area contributed by atoms with E-state index in [1.54, 1.807) is 0 Å². The van der Waals surface area contributed by atoms with E-state index in [1.165, 1.54) is 80.1 Å². The lowest BCUT2D eigenvalue weighted by molar-refractivity contribution is 1.31. The molecule has 48 heavy (non-hydrogen) atoms. The normalized spacial score (nSPS) is 11.8. The van der Waals surface area contributed by atoms with Gasteiger partial charge in [-0.2, -0.15) is 0 Å². The lowest BCUT2D eigenvalue weighted by atomic mass is 9.94. The molecule has 224 valence electrons. The number of nitrogens with zero attached hydrogens (tertiary/aromatic N) is 1. The van der Waals surface area contributed by atoms with Crippen LogP contribution in [0.2, 0.25) is 0 Å². The van der Waals surface area contributed by atoms with Gasteiger partial charge < -0.3 is 4.90 Å². The molecule has 0 amide bonds. The van der Waals surface area contributed by atoms with Crippen molar-refractivity contribution in [2.24, 2.45) is 0 Å². The number of benzene rings is 9. The summed E-state index contributed by atoms with van der Waals surface area (Å²) in [5.41, 5.74) is 5.84. The summed E-state index contributed by atoms with van der Waals surface area (Å²) in [6.45, 7) is 0. The molecule has 10 aromatic rings. The van der Waals surface area contributed by atoms with Crippen molar-refractivity contribution in [3.8, 4) is 11.1 Å².